The van der Waals surface area contributed by atoms with Gasteiger partial charge in [0.1, 0.15) is 5.75 Å². The monoisotopic (exact) mass is 275 g/mol. The highest BCUT2D eigenvalue weighted by atomic mass is 19.4. The lowest BCUT2D eigenvalue weighted by Crippen LogP contribution is -2.33. The van der Waals surface area contributed by atoms with Crippen LogP contribution < -0.4 is 10.5 Å². The van der Waals surface area contributed by atoms with Crippen LogP contribution in [0.3, 0.4) is 0 Å². The summed E-state index contributed by atoms with van der Waals surface area (Å²) in [5.41, 5.74) is 6.99. The summed E-state index contributed by atoms with van der Waals surface area (Å²) < 4.78 is 39.8. The zero-order valence-electron chi connectivity index (χ0n) is 11.4. The summed E-state index contributed by atoms with van der Waals surface area (Å²) in [5, 5.41) is 0. The lowest BCUT2D eigenvalue weighted by molar-refractivity contribution is -0.274. The van der Waals surface area contributed by atoms with Crippen molar-refractivity contribution in [2.75, 3.05) is 0 Å². The topological polar surface area (TPSA) is 35.2 Å². The minimum atomic E-state index is -4.65. The van der Waals surface area contributed by atoms with E-state index in [4.69, 9.17) is 5.73 Å². The van der Waals surface area contributed by atoms with Gasteiger partial charge < -0.3 is 10.5 Å². The van der Waals surface area contributed by atoms with Gasteiger partial charge in [-0.2, -0.15) is 0 Å². The molecule has 108 valence electrons. The van der Waals surface area contributed by atoms with E-state index >= 15 is 0 Å². The second kappa shape index (κ2) is 6.28. The van der Waals surface area contributed by atoms with E-state index in [0.29, 0.717) is 18.3 Å². The summed E-state index contributed by atoms with van der Waals surface area (Å²) in [6.07, 6.45) is -4.00. The summed E-state index contributed by atoms with van der Waals surface area (Å²) in [7, 11) is 0. The van der Waals surface area contributed by atoms with Gasteiger partial charge in [0.2, 0.25) is 0 Å². The molecular formula is C14H20F3NO. The molecule has 2 unspecified atom stereocenters. The third-order valence-corrected chi connectivity index (χ3v) is 3.36. The van der Waals surface area contributed by atoms with Crippen LogP contribution in [0, 0.1) is 11.8 Å². The van der Waals surface area contributed by atoms with Crippen LogP contribution >= 0.6 is 0 Å². The summed E-state index contributed by atoms with van der Waals surface area (Å²) in [6, 6.07) is 5.86. The molecule has 0 aliphatic rings. The highest BCUT2D eigenvalue weighted by Gasteiger charge is 2.31. The third kappa shape index (κ3) is 5.51. The van der Waals surface area contributed by atoms with Crippen molar-refractivity contribution in [3.63, 3.8) is 0 Å². The van der Waals surface area contributed by atoms with Crippen LogP contribution in [-0.2, 0) is 6.42 Å². The van der Waals surface area contributed by atoms with Gasteiger partial charge in [0, 0.05) is 6.04 Å². The molecule has 0 saturated heterocycles. The molecule has 0 aromatic heterocycles. The van der Waals surface area contributed by atoms with E-state index in [-0.39, 0.29) is 11.8 Å². The molecule has 0 aliphatic heterocycles. The molecule has 0 bridgehead atoms. The van der Waals surface area contributed by atoms with Gasteiger partial charge in [0.25, 0.3) is 0 Å². The molecule has 0 spiro atoms. The van der Waals surface area contributed by atoms with Crippen molar-refractivity contribution in [3.8, 4) is 5.75 Å². The molecular weight excluding hydrogens is 255 g/mol. The molecule has 2 N–H and O–H groups in total. The molecule has 19 heavy (non-hydrogen) atoms. The van der Waals surface area contributed by atoms with Crippen LogP contribution in [-0.4, -0.2) is 12.4 Å². The van der Waals surface area contributed by atoms with Gasteiger partial charge in [-0.15, -0.1) is 13.2 Å². The van der Waals surface area contributed by atoms with Gasteiger partial charge in [-0.05, 0) is 36.0 Å². The van der Waals surface area contributed by atoms with E-state index < -0.39 is 6.36 Å². The average molecular weight is 275 g/mol. The summed E-state index contributed by atoms with van der Waals surface area (Å²) >= 11 is 0. The zero-order chi connectivity index (χ0) is 14.6. The van der Waals surface area contributed by atoms with E-state index in [1.807, 2.05) is 0 Å². The molecule has 1 aromatic carbocycles. The number of rotatable bonds is 5. The Labute approximate surface area is 111 Å². The van der Waals surface area contributed by atoms with Crippen LogP contribution in [0.1, 0.15) is 26.3 Å². The van der Waals surface area contributed by atoms with Crippen molar-refractivity contribution in [2.45, 2.75) is 39.6 Å². The Bertz CT molecular complexity index is 387. The van der Waals surface area contributed by atoms with E-state index in [9.17, 15) is 13.2 Å². The number of ether oxygens (including phenoxy) is 1. The largest absolute Gasteiger partial charge is 0.573 e. The van der Waals surface area contributed by atoms with Crippen LogP contribution in [0.15, 0.2) is 24.3 Å². The van der Waals surface area contributed by atoms with Crippen molar-refractivity contribution in [2.24, 2.45) is 17.6 Å². The molecule has 1 aromatic rings. The number of benzene rings is 1. The Balaban J connectivity index is 2.62. The first-order valence-electron chi connectivity index (χ1n) is 6.29. The smallest absolute Gasteiger partial charge is 0.406 e. The molecule has 2 nitrogen and oxygen atoms in total. The second-order valence-electron chi connectivity index (χ2n) is 5.16. The average Bonchev–Trinajstić information content (AvgIpc) is 2.28. The number of hydrogen-bond acceptors (Lipinski definition) is 2. The van der Waals surface area contributed by atoms with Gasteiger partial charge in [-0.3, -0.25) is 0 Å². The Morgan fingerprint density at radius 3 is 2.05 bits per heavy atom. The standard InChI is InChI=1S/C14H20F3NO/c1-9(2)10(3)13(18)8-11-4-6-12(7-5-11)19-14(15,16)17/h4-7,9-10,13H,8,18H2,1-3H3. The maximum absolute atomic E-state index is 12.0. The zero-order valence-corrected chi connectivity index (χ0v) is 11.4. The van der Waals surface area contributed by atoms with Gasteiger partial charge >= 0.3 is 6.36 Å². The van der Waals surface area contributed by atoms with Crippen LogP contribution in [0.5, 0.6) is 5.75 Å². The van der Waals surface area contributed by atoms with E-state index in [1.54, 1.807) is 12.1 Å². The normalized spacial score (nSPS) is 15.4. The number of halogens is 3. The minimum absolute atomic E-state index is 0.00520. The highest BCUT2D eigenvalue weighted by molar-refractivity contribution is 5.28. The molecule has 0 amide bonds. The Morgan fingerprint density at radius 1 is 1.11 bits per heavy atom. The van der Waals surface area contributed by atoms with Crippen molar-refractivity contribution in [3.05, 3.63) is 29.8 Å². The highest BCUT2D eigenvalue weighted by Crippen LogP contribution is 2.23. The Morgan fingerprint density at radius 2 is 1.63 bits per heavy atom. The number of hydrogen-bond donors (Lipinski definition) is 1. The maximum atomic E-state index is 12.0. The fourth-order valence-electron chi connectivity index (χ4n) is 1.78. The van der Waals surface area contributed by atoms with Crippen molar-refractivity contribution >= 4 is 0 Å². The molecule has 1 rings (SSSR count). The summed E-state index contributed by atoms with van der Waals surface area (Å²) in [5.74, 6) is 0.621. The summed E-state index contributed by atoms with van der Waals surface area (Å²) in [6.45, 7) is 6.28. The van der Waals surface area contributed by atoms with Gasteiger partial charge in [0.05, 0.1) is 0 Å². The molecule has 0 aliphatic carbocycles. The fourth-order valence-corrected chi connectivity index (χ4v) is 1.78. The van der Waals surface area contributed by atoms with Crippen molar-refractivity contribution in [1.82, 2.24) is 0 Å². The van der Waals surface area contributed by atoms with Gasteiger partial charge in [-0.25, -0.2) is 0 Å². The predicted octanol–water partition coefficient (Wildman–Crippen LogP) is 3.75. The molecule has 0 heterocycles. The van der Waals surface area contributed by atoms with Gasteiger partial charge in [-0.1, -0.05) is 32.9 Å². The fraction of sp³-hybridized carbons (Fsp3) is 0.571. The minimum Gasteiger partial charge on any atom is -0.406 e. The first-order valence-corrected chi connectivity index (χ1v) is 6.29. The Kier molecular flexibility index (Phi) is 5.23. The lowest BCUT2D eigenvalue weighted by Gasteiger charge is -2.23. The predicted molar refractivity (Wildman–Crippen MR) is 68.8 cm³/mol. The first kappa shape index (κ1) is 15.8. The van der Waals surface area contributed by atoms with Crippen LogP contribution in [0.4, 0.5) is 13.2 Å². The van der Waals surface area contributed by atoms with Crippen LogP contribution in [0.2, 0.25) is 0 Å². The quantitative estimate of drug-likeness (QED) is 0.888. The molecule has 0 radical (unpaired) electrons. The molecule has 5 heteroatoms. The molecule has 2 atom stereocenters. The van der Waals surface area contributed by atoms with E-state index in [0.717, 1.165) is 5.56 Å². The SMILES string of the molecule is CC(C)C(C)C(N)Cc1ccc(OC(F)(F)F)cc1. The van der Waals surface area contributed by atoms with Crippen molar-refractivity contribution in [1.29, 1.82) is 0 Å². The van der Waals surface area contributed by atoms with E-state index in [2.05, 4.69) is 25.5 Å². The Hall–Kier alpha value is -1.23. The number of alkyl halides is 3. The maximum Gasteiger partial charge on any atom is 0.573 e. The lowest BCUT2D eigenvalue weighted by atomic mass is 9.87. The van der Waals surface area contributed by atoms with E-state index in [1.165, 1.54) is 12.1 Å². The first-order chi connectivity index (χ1) is 8.69. The number of nitrogens with two attached hydrogens (primary N) is 1. The molecule has 0 fully saturated rings. The van der Waals surface area contributed by atoms with Crippen LogP contribution in [0.25, 0.3) is 0 Å². The second-order valence-corrected chi connectivity index (χ2v) is 5.16. The molecule has 0 saturated carbocycles. The van der Waals surface area contributed by atoms with Crippen molar-refractivity contribution < 1.29 is 17.9 Å². The third-order valence-electron chi connectivity index (χ3n) is 3.36. The van der Waals surface area contributed by atoms with Gasteiger partial charge in [0.15, 0.2) is 0 Å². The summed E-state index contributed by atoms with van der Waals surface area (Å²) in [4.78, 5) is 0.